The first-order chi connectivity index (χ1) is 15.7. The molecule has 4 aliphatic rings. The molecule has 1 aliphatic heterocycles. The average molecular weight is 425 g/mol. The first-order valence-corrected chi connectivity index (χ1v) is 11.2. The third kappa shape index (κ3) is 3.00. The maximum atomic E-state index is 12.9. The van der Waals surface area contributed by atoms with Gasteiger partial charge in [0.15, 0.2) is 6.61 Å². The molecule has 2 bridgehead atoms. The number of nitrogens with zero attached hydrogens (tertiary/aromatic N) is 1. The van der Waals surface area contributed by atoms with Crippen molar-refractivity contribution in [3.8, 4) is 5.75 Å². The Hall–Kier alpha value is -3.60. The summed E-state index contributed by atoms with van der Waals surface area (Å²) in [7, 11) is 0. The Morgan fingerprint density at radius 2 is 1.53 bits per heavy atom. The molecule has 160 valence electrons. The summed E-state index contributed by atoms with van der Waals surface area (Å²) in [6.07, 6.45) is 1.03. The number of amides is 2. The van der Waals surface area contributed by atoms with E-state index in [-0.39, 0.29) is 25.0 Å². The van der Waals surface area contributed by atoms with E-state index in [2.05, 4.69) is 53.8 Å². The first-order valence-electron chi connectivity index (χ1n) is 11.2. The molecule has 1 atom stereocenters. The lowest BCUT2D eigenvalue weighted by molar-refractivity contribution is -0.125. The Kier molecular flexibility index (Phi) is 4.49. The van der Waals surface area contributed by atoms with Gasteiger partial charge in [0.2, 0.25) is 5.91 Å². The number of anilines is 1. The Morgan fingerprint density at radius 3 is 2.25 bits per heavy atom. The van der Waals surface area contributed by atoms with Gasteiger partial charge < -0.3 is 10.1 Å². The predicted octanol–water partition coefficient (Wildman–Crippen LogP) is 3.83. The number of hydrogen-bond donors (Lipinski definition) is 1. The number of nitrogens with one attached hydrogen (secondary N) is 1. The molecular weight excluding hydrogens is 400 g/mol. The van der Waals surface area contributed by atoms with Crippen molar-refractivity contribution in [2.45, 2.75) is 18.3 Å². The molecule has 32 heavy (non-hydrogen) atoms. The quantitative estimate of drug-likeness (QED) is 0.693. The van der Waals surface area contributed by atoms with Gasteiger partial charge in [-0.2, -0.15) is 0 Å². The van der Waals surface area contributed by atoms with Crippen LogP contribution in [-0.4, -0.2) is 31.5 Å². The molecule has 1 heterocycles. The van der Waals surface area contributed by atoms with E-state index in [1.54, 1.807) is 0 Å². The van der Waals surface area contributed by atoms with Gasteiger partial charge in [0.05, 0.1) is 5.69 Å². The van der Waals surface area contributed by atoms with Crippen molar-refractivity contribution >= 4 is 17.5 Å². The molecule has 1 N–H and O–H groups in total. The van der Waals surface area contributed by atoms with Gasteiger partial charge in [-0.1, -0.05) is 60.7 Å². The summed E-state index contributed by atoms with van der Waals surface area (Å²) in [6, 6.07) is 24.8. The minimum absolute atomic E-state index is 0.00714. The van der Waals surface area contributed by atoms with Crippen LogP contribution < -0.4 is 15.0 Å². The molecule has 0 fully saturated rings. The van der Waals surface area contributed by atoms with Crippen molar-refractivity contribution in [3.63, 3.8) is 0 Å². The Morgan fingerprint density at radius 1 is 0.906 bits per heavy atom. The van der Waals surface area contributed by atoms with E-state index in [0.717, 1.165) is 6.42 Å². The highest BCUT2D eigenvalue weighted by Crippen LogP contribution is 2.55. The highest BCUT2D eigenvalue weighted by molar-refractivity contribution is 6.02. The smallest absolute Gasteiger partial charge is 0.265 e. The maximum absolute atomic E-state index is 12.9. The average Bonchev–Trinajstić information content (AvgIpc) is 2.84. The summed E-state index contributed by atoms with van der Waals surface area (Å²) in [5.41, 5.74) is 6.28. The molecule has 2 amide bonds. The summed E-state index contributed by atoms with van der Waals surface area (Å²) >= 11 is 0. The van der Waals surface area contributed by atoms with Gasteiger partial charge in [-0.15, -0.1) is 0 Å². The molecule has 0 aromatic heterocycles. The van der Waals surface area contributed by atoms with Crippen molar-refractivity contribution in [2.24, 2.45) is 5.92 Å². The third-order valence-electron chi connectivity index (χ3n) is 7.09. The molecule has 3 aromatic carbocycles. The molecule has 3 aliphatic carbocycles. The summed E-state index contributed by atoms with van der Waals surface area (Å²) in [5, 5.41) is 3.12. The monoisotopic (exact) mass is 424 g/mol. The van der Waals surface area contributed by atoms with Crippen LogP contribution in [0.4, 0.5) is 5.69 Å². The lowest BCUT2D eigenvalue weighted by Crippen LogP contribution is -2.47. The van der Waals surface area contributed by atoms with E-state index >= 15 is 0 Å². The minimum Gasteiger partial charge on any atom is -0.482 e. The Balaban J connectivity index is 1.20. The van der Waals surface area contributed by atoms with Gasteiger partial charge in [-0.25, -0.2) is 0 Å². The molecular formula is C27H24N2O3. The number of fused-ring (bicyclic) bond motifs is 2. The fourth-order valence-corrected chi connectivity index (χ4v) is 5.73. The minimum atomic E-state index is -0.196. The summed E-state index contributed by atoms with van der Waals surface area (Å²) < 4.78 is 5.48. The second-order valence-corrected chi connectivity index (χ2v) is 8.82. The van der Waals surface area contributed by atoms with E-state index in [1.165, 1.54) is 27.2 Å². The normalized spacial score (nSPS) is 22.4. The van der Waals surface area contributed by atoms with Crippen molar-refractivity contribution in [3.05, 3.63) is 95.1 Å². The van der Waals surface area contributed by atoms with Crippen LogP contribution in [0.1, 0.15) is 40.5 Å². The van der Waals surface area contributed by atoms with E-state index in [4.69, 9.17) is 4.74 Å². The maximum Gasteiger partial charge on any atom is 0.265 e. The molecule has 0 unspecified atom stereocenters. The van der Waals surface area contributed by atoms with E-state index in [9.17, 15) is 9.59 Å². The highest BCUT2D eigenvalue weighted by Gasteiger charge is 2.43. The zero-order valence-electron chi connectivity index (χ0n) is 17.7. The van der Waals surface area contributed by atoms with Crippen LogP contribution in [0.25, 0.3) is 0 Å². The number of carbonyl (C=O) groups excluding carboxylic acids is 2. The number of hydrogen-bond acceptors (Lipinski definition) is 3. The number of benzene rings is 3. The summed E-state index contributed by atoms with van der Waals surface area (Å²) in [6.45, 7) is 0.570. The van der Waals surface area contributed by atoms with Crippen LogP contribution >= 0.6 is 0 Å². The van der Waals surface area contributed by atoms with Crippen molar-refractivity contribution in [1.29, 1.82) is 0 Å². The first kappa shape index (κ1) is 19.1. The van der Waals surface area contributed by atoms with Crippen LogP contribution in [0.3, 0.4) is 0 Å². The Bertz CT molecular complexity index is 1170. The molecule has 5 heteroatoms. The fourth-order valence-electron chi connectivity index (χ4n) is 5.73. The van der Waals surface area contributed by atoms with E-state index in [0.29, 0.717) is 35.7 Å². The predicted molar refractivity (Wildman–Crippen MR) is 122 cm³/mol. The number of para-hydroxylation sites is 2. The van der Waals surface area contributed by atoms with Gasteiger partial charge in [0.1, 0.15) is 12.3 Å². The summed E-state index contributed by atoms with van der Waals surface area (Å²) in [5.74, 6) is 1.30. The van der Waals surface area contributed by atoms with Crippen LogP contribution in [0, 0.1) is 5.92 Å². The molecule has 3 aromatic rings. The van der Waals surface area contributed by atoms with Gasteiger partial charge in [-0.3, -0.25) is 14.5 Å². The van der Waals surface area contributed by atoms with Gasteiger partial charge in [-0.05, 0) is 46.7 Å². The molecule has 0 spiro atoms. The lowest BCUT2D eigenvalue weighted by atomic mass is 9.59. The molecule has 7 rings (SSSR count). The molecule has 0 saturated heterocycles. The van der Waals surface area contributed by atoms with Gasteiger partial charge in [0.25, 0.3) is 5.91 Å². The topological polar surface area (TPSA) is 58.6 Å². The number of rotatable bonds is 4. The second kappa shape index (κ2) is 7.52. The highest BCUT2D eigenvalue weighted by atomic mass is 16.5. The zero-order chi connectivity index (χ0) is 21.7. The van der Waals surface area contributed by atoms with E-state index in [1.807, 2.05) is 24.3 Å². The molecule has 5 nitrogen and oxygen atoms in total. The van der Waals surface area contributed by atoms with Crippen LogP contribution in [-0.2, 0) is 9.59 Å². The second-order valence-electron chi connectivity index (χ2n) is 8.82. The lowest BCUT2D eigenvalue weighted by Gasteiger charge is -2.45. The van der Waals surface area contributed by atoms with E-state index < -0.39 is 0 Å². The number of ether oxygens (including phenoxy) is 1. The van der Waals surface area contributed by atoms with Gasteiger partial charge >= 0.3 is 0 Å². The van der Waals surface area contributed by atoms with Crippen molar-refractivity contribution < 1.29 is 14.3 Å². The number of carbonyl (C=O) groups is 2. The van der Waals surface area contributed by atoms with Gasteiger partial charge in [0, 0.05) is 18.4 Å². The van der Waals surface area contributed by atoms with Crippen LogP contribution in [0.5, 0.6) is 5.75 Å². The Labute approximate surface area is 187 Å². The SMILES string of the molecule is O=C(CN1C(=O)COc2ccccc21)NC[C@@H]1CC2c3ccccc3C1c1ccccc12. The standard InChI is InChI=1S/C27H24N2O3/c30-25(15-29-23-11-5-6-12-24(23)32-16-26(29)31)28-14-17-13-22-18-7-1-3-9-20(18)27(17)21-10-4-2-8-19(21)22/h1-12,17,22,27H,13-16H2,(H,28,30)/t17-,22?,27?/m0/s1. The van der Waals surface area contributed by atoms with Crippen LogP contribution in [0.2, 0.25) is 0 Å². The summed E-state index contributed by atoms with van der Waals surface area (Å²) in [4.78, 5) is 26.8. The third-order valence-corrected chi connectivity index (χ3v) is 7.09. The van der Waals surface area contributed by atoms with Crippen molar-refractivity contribution in [1.82, 2.24) is 5.32 Å². The van der Waals surface area contributed by atoms with Crippen LogP contribution in [0.15, 0.2) is 72.8 Å². The molecule has 0 radical (unpaired) electrons. The zero-order valence-corrected chi connectivity index (χ0v) is 17.7. The molecule has 0 saturated carbocycles. The largest absolute Gasteiger partial charge is 0.482 e. The van der Waals surface area contributed by atoms with Crippen molar-refractivity contribution in [2.75, 3.05) is 24.6 Å². The fraction of sp³-hybridized carbons (Fsp3) is 0.259.